The van der Waals surface area contributed by atoms with E-state index >= 15 is 0 Å². The van der Waals surface area contributed by atoms with E-state index in [0.717, 1.165) is 95.8 Å². The summed E-state index contributed by atoms with van der Waals surface area (Å²) in [5.74, 6) is -1.32. The minimum Gasteiger partial charge on any atom is -0.462 e. The van der Waals surface area contributed by atoms with Gasteiger partial charge in [0.05, 0.1) is 26.4 Å². The Morgan fingerprint density at radius 2 is 0.457 bits per heavy atom. The molecule has 19 heteroatoms. The van der Waals surface area contributed by atoms with E-state index < -0.39 is 97.5 Å². The van der Waals surface area contributed by atoms with E-state index in [2.05, 4.69) is 34.6 Å². The normalized spacial score (nSPS) is 14.0. The third-order valence-electron chi connectivity index (χ3n) is 20.6. The van der Waals surface area contributed by atoms with Crippen molar-refractivity contribution in [2.45, 2.75) is 483 Å². The third kappa shape index (κ3) is 78.5. The first-order valence-corrected chi connectivity index (χ1v) is 47.7. The number of aliphatic hydroxyl groups excluding tert-OH is 1. The highest BCUT2D eigenvalue weighted by Crippen LogP contribution is 2.45. The average Bonchev–Trinajstić information content (AvgIpc) is 1.35. The summed E-state index contributed by atoms with van der Waals surface area (Å²) >= 11 is 0. The molecule has 0 aromatic carbocycles. The molecule has 0 aromatic heterocycles. The molecule has 0 spiro atoms. The first-order chi connectivity index (χ1) is 51.1. The molecule has 0 saturated heterocycles. The summed E-state index contributed by atoms with van der Waals surface area (Å²) in [4.78, 5) is 73.3. The summed E-state index contributed by atoms with van der Waals surface area (Å²) < 4.78 is 68.9. The van der Waals surface area contributed by atoms with Crippen LogP contribution in [0, 0.1) is 5.92 Å². The zero-order valence-corrected chi connectivity index (χ0v) is 70.7. The molecule has 3 unspecified atom stereocenters. The van der Waals surface area contributed by atoms with Crippen molar-refractivity contribution in [2.24, 2.45) is 5.92 Å². The van der Waals surface area contributed by atoms with Crippen molar-refractivity contribution in [3.63, 3.8) is 0 Å². The summed E-state index contributed by atoms with van der Waals surface area (Å²) in [6.07, 6.45) is 72.1. The predicted molar refractivity (Wildman–Crippen MR) is 432 cm³/mol. The quantitative estimate of drug-likeness (QED) is 0.0222. The predicted octanol–water partition coefficient (Wildman–Crippen LogP) is 26.4. The lowest BCUT2D eigenvalue weighted by Gasteiger charge is -2.21. The average molecular weight is 1540 g/mol. The monoisotopic (exact) mass is 1540 g/mol. The van der Waals surface area contributed by atoms with Crippen LogP contribution in [0.3, 0.4) is 0 Å². The lowest BCUT2D eigenvalue weighted by atomic mass is 9.99. The zero-order valence-electron chi connectivity index (χ0n) is 68.9. The maximum atomic E-state index is 13.1. The standard InChI is InChI=1S/C86H168O17P2/c1-6-10-13-16-19-22-25-28-31-34-35-36-37-38-41-44-47-50-57-62-67-72-85(90)102-81(75-96-83(88)69-64-59-54-48-45-42-39-32-29-26-23-20-17-14-11-7-2)77-100-104(92,93)98-73-80(87)74-99-105(94,95)101-78-82(76-97-84(89)70-65-60-55-52-51-53-58-63-68-79(5)9-4)103-86(91)71-66-61-56-49-46-43-40-33-30-27-24-21-18-15-12-8-3/h79-82,87H,6-78H2,1-5H3,(H,92,93)(H,94,95)/t79?,80-,81-,82-/m1/s1. The van der Waals surface area contributed by atoms with Gasteiger partial charge in [-0.1, -0.05) is 413 Å². The molecule has 0 rings (SSSR count). The fourth-order valence-corrected chi connectivity index (χ4v) is 15.0. The molecule has 624 valence electrons. The maximum absolute atomic E-state index is 13.1. The highest BCUT2D eigenvalue weighted by Gasteiger charge is 2.30. The van der Waals surface area contributed by atoms with Crippen molar-refractivity contribution < 1.29 is 80.2 Å². The van der Waals surface area contributed by atoms with Gasteiger partial charge in [-0.2, -0.15) is 0 Å². The third-order valence-corrected chi connectivity index (χ3v) is 22.5. The van der Waals surface area contributed by atoms with Crippen LogP contribution in [0.2, 0.25) is 0 Å². The Balaban J connectivity index is 5.25. The molecular formula is C86H168O17P2. The first kappa shape index (κ1) is 103. The molecule has 0 heterocycles. The number of unbranched alkanes of at least 4 members (excludes halogenated alkanes) is 57. The maximum Gasteiger partial charge on any atom is 0.472 e. The van der Waals surface area contributed by atoms with E-state index in [-0.39, 0.29) is 25.7 Å². The number of hydrogen-bond donors (Lipinski definition) is 3. The number of esters is 4. The van der Waals surface area contributed by atoms with Crippen LogP contribution in [0.25, 0.3) is 0 Å². The molecule has 0 aliphatic rings. The van der Waals surface area contributed by atoms with Crippen molar-refractivity contribution in [1.29, 1.82) is 0 Å². The van der Waals surface area contributed by atoms with E-state index in [1.165, 1.54) is 289 Å². The second kappa shape index (κ2) is 78.7. The fourth-order valence-electron chi connectivity index (χ4n) is 13.4. The van der Waals surface area contributed by atoms with Gasteiger partial charge in [0.25, 0.3) is 0 Å². The van der Waals surface area contributed by atoms with Gasteiger partial charge in [0.15, 0.2) is 12.2 Å². The summed E-state index contributed by atoms with van der Waals surface area (Å²) in [5, 5.41) is 10.7. The van der Waals surface area contributed by atoms with Crippen LogP contribution < -0.4 is 0 Å². The van der Waals surface area contributed by atoms with E-state index in [1.807, 2.05) is 0 Å². The van der Waals surface area contributed by atoms with Gasteiger partial charge in [-0.3, -0.25) is 37.3 Å². The van der Waals surface area contributed by atoms with Crippen molar-refractivity contribution in [1.82, 2.24) is 0 Å². The smallest absolute Gasteiger partial charge is 0.462 e. The molecule has 0 fully saturated rings. The Hall–Kier alpha value is -1.94. The molecule has 17 nitrogen and oxygen atoms in total. The molecule has 105 heavy (non-hydrogen) atoms. The Morgan fingerprint density at radius 1 is 0.267 bits per heavy atom. The number of phosphoric ester groups is 2. The van der Waals surface area contributed by atoms with Crippen LogP contribution in [-0.4, -0.2) is 96.7 Å². The van der Waals surface area contributed by atoms with Gasteiger partial charge in [0.1, 0.15) is 19.3 Å². The number of rotatable bonds is 86. The van der Waals surface area contributed by atoms with Gasteiger partial charge >= 0.3 is 39.5 Å². The molecule has 0 amide bonds. The van der Waals surface area contributed by atoms with Gasteiger partial charge in [0, 0.05) is 25.7 Å². The van der Waals surface area contributed by atoms with Crippen LogP contribution in [0.1, 0.15) is 465 Å². The van der Waals surface area contributed by atoms with Crippen molar-refractivity contribution in [3.05, 3.63) is 0 Å². The number of carbonyl (C=O) groups is 4. The highest BCUT2D eigenvalue weighted by molar-refractivity contribution is 7.47. The topological polar surface area (TPSA) is 237 Å². The summed E-state index contributed by atoms with van der Waals surface area (Å²) in [5.41, 5.74) is 0. The van der Waals surface area contributed by atoms with Gasteiger partial charge in [0.2, 0.25) is 0 Å². The van der Waals surface area contributed by atoms with Crippen LogP contribution in [0.4, 0.5) is 0 Å². The Bertz CT molecular complexity index is 2000. The number of phosphoric acid groups is 2. The minimum absolute atomic E-state index is 0.108. The Labute approximate surface area is 645 Å². The minimum atomic E-state index is -4.97. The van der Waals surface area contributed by atoms with Gasteiger partial charge in [-0.25, -0.2) is 9.13 Å². The Kier molecular flexibility index (Phi) is 77.3. The Morgan fingerprint density at radius 3 is 0.676 bits per heavy atom. The lowest BCUT2D eigenvalue weighted by Crippen LogP contribution is -2.30. The van der Waals surface area contributed by atoms with E-state index in [1.54, 1.807) is 0 Å². The van der Waals surface area contributed by atoms with E-state index in [0.29, 0.717) is 25.7 Å². The molecule has 0 aliphatic heterocycles. The van der Waals surface area contributed by atoms with Gasteiger partial charge in [-0.15, -0.1) is 0 Å². The molecule has 0 saturated carbocycles. The molecule has 6 atom stereocenters. The number of ether oxygens (including phenoxy) is 4. The highest BCUT2D eigenvalue weighted by atomic mass is 31.2. The van der Waals surface area contributed by atoms with Crippen molar-refractivity contribution >= 4 is 39.5 Å². The van der Waals surface area contributed by atoms with Crippen molar-refractivity contribution in [3.8, 4) is 0 Å². The largest absolute Gasteiger partial charge is 0.472 e. The first-order valence-electron chi connectivity index (χ1n) is 44.7. The summed E-state index contributed by atoms with van der Waals surface area (Å²) in [6, 6.07) is 0. The van der Waals surface area contributed by atoms with E-state index in [9.17, 15) is 43.2 Å². The fraction of sp³-hybridized carbons (Fsp3) is 0.953. The molecule has 0 aliphatic carbocycles. The number of aliphatic hydroxyl groups is 1. The molecule has 0 bridgehead atoms. The summed E-state index contributed by atoms with van der Waals surface area (Å²) in [6.45, 7) is 7.37. The van der Waals surface area contributed by atoms with Crippen LogP contribution in [0.5, 0.6) is 0 Å². The molecule has 3 N–H and O–H groups in total. The number of hydrogen-bond acceptors (Lipinski definition) is 15. The molecular weight excluding hydrogens is 1370 g/mol. The molecule has 0 aromatic rings. The second-order valence-electron chi connectivity index (χ2n) is 31.2. The zero-order chi connectivity index (χ0) is 76.9. The van der Waals surface area contributed by atoms with Gasteiger partial charge in [-0.05, 0) is 31.6 Å². The second-order valence-corrected chi connectivity index (χ2v) is 34.1. The lowest BCUT2D eigenvalue weighted by molar-refractivity contribution is -0.161. The van der Waals surface area contributed by atoms with Crippen LogP contribution in [-0.2, 0) is 65.4 Å². The summed E-state index contributed by atoms with van der Waals surface area (Å²) in [7, 11) is -9.93. The van der Waals surface area contributed by atoms with Crippen molar-refractivity contribution in [2.75, 3.05) is 39.6 Å². The SMILES string of the molecule is CCCCCCCCCCCCCCCCCCCCCCCC(=O)O[C@H](COC(=O)CCCCCCCCCCCCCCCCCC)COP(=O)(O)OC[C@@H](O)COP(=O)(O)OC[C@@H](COC(=O)CCCCCCCCCCC(C)CC)OC(=O)CCCCCCCCCCCCCCCCCC. The molecule has 0 radical (unpaired) electrons. The number of carbonyl (C=O) groups excluding carboxylic acids is 4. The van der Waals surface area contributed by atoms with Gasteiger partial charge < -0.3 is 33.8 Å². The van der Waals surface area contributed by atoms with Crippen LogP contribution >= 0.6 is 15.6 Å². The van der Waals surface area contributed by atoms with E-state index in [4.69, 9.17) is 37.0 Å². The van der Waals surface area contributed by atoms with Crippen LogP contribution in [0.15, 0.2) is 0 Å².